The fourth-order valence-corrected chi connectivity index (χ4v) is 1.49. The van der Waals surface area contributed by atoms with E-state index in [1.165, 1.54) is 13.2 Å². The molecule has 0 fully saturated rings. The molecule has 0 aliphatic rings. The number of hydrogen-bond donors (Lipinski definition) is 0. The summed E-state index contributed by atoms with van der Waals surface area (Å²) in [7, 11) is 0. The van der Waals surface area contributed by atoms with Gasteiger partial charge in [0.2, 0.25) is 5.76 Å². The van der Waals surface area contributed by atoms with Crippen molar-refractivity contribution in [1.82, 2.24) is 4.57 Å². The van der Waals surface area contributed by atoms with Crippen molar-refractivity contribution in [3.63, 3.8) is 0 Å². The molecule has 0 saturated carbocycles. The molecule has 0 aromatic carbocycles. The van der Waals surface area contributed by atoms with Crippen LogP contribution in [-0.2, 0) is 16.1 Å². The van der Waals surface area contributed by atoms with Crippen molar-refractivity contribution < 1.29 is 18.7 Å². The van der Waals surface area contributed by atoms with Gasteiger partial charge in [0.1, 0.15) is 0 Å². The van der Waals surface area contributed by atoms with Crippen molar-refractivity contribution in [3.8, 4) is 0 Å². The van der Waals surface area contributed by atoms with Gasteiger partial charge in [0.25, 0.3) is 0 Å². The van der Waals surface area contributed by atoms with Gasteiger partial charge in [-0.15, -0.1) is 0 Å². The Balaban J connectivity index is 2.17. The van der Waals surface area contributed by atoms with Gasteiger partial charge < -0.3 is 13.7 Å². The number of aromatic nitrogens is 1. The van der Waals surface area contributed by atoms with Crippen LogP contribution in [0.3, 0.4) is 0 Å². The summed E-state index contributed by atoms with van der Waals surface area (Å²) in [6.45, 7) is 1.66. The Morgan fingerprint density at radius 1 is 1.35 bits per heavy atom. The molecule has 0 bridgehead atoms. The van der Waals surface area contributed by atoms with Gasteiger partial charge in [0, 0.05) is 24.9 Å². The van der Waals surface area contributed by atoms with Gasteiger partial charge in [-0.2, -0.15) is 0 Å². The highest BCUT2D eigenvalue weighted by molar-refractivity contribution is 5.95. The van der Waals surface area contributed by atoms with E-state index in [2.05, 4.69) is 4.74 Å². The lowest BCUT2D eigenvalue weighted by molar-refractivity contribution is -0.135. The van der Waals surface area contributed by atoms with Gasteiger partial charge in [0.15, 0.2) is 0 Å². The Bertz CT molecular complexity index is 524. The molecular weight excluding hydrogens is 222 g/mol. The van der Waals surface area contributed by atoms with E-state index in [0.717, 1.165) is 0 Å². The van der Waals surface area contributed by atoms with Crippen LogP contribution >= 0.6 is 0 Å². The highest BCUT2D eigenvalue weighted by atomic mass is 16.6. The van der Waals surface area contributed by atoms with Crippen molar-refractivity contribution in [1.29, 1.82) is 0 Å². The predicted molar refractivity (Wildman–Crippen MR) is 58.3 cm³/mol. The monoisotopic (exact) mass is 233 g/mol. The van der Waals surface area contributed by atoms with E-state index in [1.54, 1.807) is 6.07 Å². The third-order valence-corrected chi connectivity index (χ3v) is 2.19. The molecule has 5 heteroatoms. The molecule has 0 aliphatic carbocycles. The number of furan rings is 1. The standard InChI is InChI=1S/C12H11NO4/c1-9(14)17-12(15)11-10(4-7-16-11)8-13-5-2-3-6-13/h2-7H,8H2,1H3. The average molecular weight is 233 g/mol. The van der Waals surface area contributed by atoms with Crippen molar-refractivity contribution in [2.45, 2.75) is 13.5 Å². The van der Waals surface area contributed by atoms with Crippen molar-refractivity contribution >= 4 is 11.9 Å². The van der Waals surface area contributed by atoms with Crippen LogP contribution in [-0.4, -0.2) is 16.5 Å². The fourth-order valence-electron chi connectivity index (χ4n) is 1.49. The van der Waals surface area contributed by atoms with Gasteiger partial charge in [-0.1, -0.05) is 0 Å². The molecule has 2 rings (SSSR count). The molecule has 0 aliphatic heterocycles. The summed E-state index contributed by atoms with van der Waals surface area (Å²) < 4.78 is 11.4. The second-order valence-corrected chi connectivity index (χ2v) is 3.51. The Kier molecular flexibility index (Phi) is 3.09. The van der Waals surface area contributed by atoms with Crippen LogP contribution in [0, 0.1) is 0 Å². The second-order valence-electron chi connectivity index (χ2n) is 3.51. The minimum Gasteiger partial charge on any atom is -0.457 e. The number of carbonyl (C=O) groups excluding carboxylic acids is 2. The Morgan fingerprint density at radius 3 is 2.71 bits per heavy atom. The van der Waals surface area contributed by atoms with Crippen molar-refractivity contribution in [3.05, 3.63) is 48.2 Å². The van der Waals surface area contributed by atoms with Crippen molar-refractivity contribution in [2.75, 3.05) is 0 Å². The summed E-state index contributed by atoms with van der Waals surface area (Å²) in [4.78, 5) is 22.2. The molecule has 0 amide bonds. The van der Waals surface area contributed by atoms with Crippen molar-refractivity contribution in [2.24, 2.45) is 0 Å². The minimum absolute atomic E-state index is 0.0638. The smallest absolute Gasteiger partial charge is 0.382 e. The molecule has 0 N–H and O–H groups in total. The van der Waals surface area contributed by atoms with E-state index < -0.39 is 11.9 Å². The van der Waals surface area contributed by atoms with E-state index in [0.29, 0.717) is 12.1 Å². The first-order valence-corrected chi connectivity index (χ1v) is 5.06. The molecule has 0 saturated heterocycles. The topological polar surface area (TPSA) is 61.4 Å². The predicted octanol–water partition coefficient (Wildman–Crippen LogP) is 1.83. The first kappa shape index (κ1) is 11.2. The number of ether oxygens (including phenoxy) is 1. The summed E-state index contributed by atoms with van der Waals surface area (Å²) in [6.07, 6.45) is 5.13. The maximum atomic E-state index is 11.5. The van der Waals surface area contributed by atoms with Crippen LogP contribution in [0.2, 0.25) is 0 Å². The van der Waals surface area contributed by atoms with Crippen LogP contribution < -0.4 is 0 Å². The molecule has 0 atom stereocenters. The molecule has 0 unspecified atom stereocenters. The van der Waals surface area contributed by atoms with Crippen LogP contribution in [0.25, 0.3) is 0 Å². The summed E-state index contributed by atoms with van der Waals surface area (Å²) in [5.41, 5.74) is 0.674. The zero-order valence-electron chi connectivity index (χ0n) is 9.25. The van der Waals surface area contributed by atoms with E-state index in [1.807, 2.05) is 29.1 Å². The van der Waals surface area contributed by atoms with E-state index in [4.69, 9.17) is 4.42 Å². The number of nitrogens with zero attached hydrogens (tertiary/aromatic N) is 1. The molecule has 2 aromatic heterocycles. The summed E-state index contributed by atoms with van der Waals surface area (Å²) in [5.74, 6) is -1.35. The quantitative estimate of drug-likeness (QED) is 0.599. The highest BCUT2D eigenvalue weighted by Gasteiger charge is 2.18. The zero-order chi connectivity index (χ0) is 12.3. The summed E-state index contributed by atoms with van der Waals surface area (Å²) in [5, 5.41) is 0. The Labute approximate surface area is 97.6 Å². The SMILES string of the molecule is CC(=O)OC(=O)c1occc1Cn1cccc1. The maximum Gasteiger partial charge on any atom is 0.382 e. The van der Waals surface area contributed by atoms with Gasteiger partial charge in [-0.3, -0.25) is 4.79 Å². The largest absolute Gasteiger partial charge is 0.457 e. The normalized spacial score (nSPS) is 10.2. The Hall–Kier alpha value is -2.30. The minimum atomic E-state index is -0.760. The second kappa shape index (κ2) is 4.69. The molecule has 0 spiro atoms. The first-order chi connectivity index (χ1) is 8.16. The zero-order valence-corrected chi connectivity index (χ0v) is 9.25. The van der Waals surface area contributed by atoms with E-state index in [9.17, 15) is 9.59 Å². The first-order valence-electron chi connectivity index (χ1n) is 5.06. The molecule has 0 radical (unpaired) electrons. The number of esters is 2. The van der Waals surface area contributed by atoms with E-state index >= 15 is 0 Å². The van der Waals surface area contributed by atoms with Crippen LogP contribution in [0.15, 0.2) is 41.3 Å². The molecule has 5 nitrogen and oxygen atoms in total. The lowest BCUT2D eigenvalue weighted by Gasteiger charge is -2.02. The van der Waals surface area contributed by atoms with Gasteiger partial charge in [0.05, 0.1) is 12.8 Å². The lowest BCUT2D eigenvalue weighted by atomic mass is 10.2. The average Bonchev–Trinajstić information content (AvgIpc) is 2.88. The molecule has 2 heterocycles. The number of carbonyl (C=O) groups is 2. The summed E-state index contributed by atoms with van der Waals surface area (Å²) >= 11 is 0. The third-order valence-electron chi connectivity index (χ3n) is 2.19. The van der Waals surface area contributed by atoms with Crippen LogP contribution in [0.5, 0.6) is 0 Å². The van der Waals surface area contributed by atoms with Crippen LogP contribution in [0.1, 0.15) is 23.0 Å². The maximum absolute atomic E-state index is 11.5. The molecule has 88 valence electrons. The van der Waals surface area contributed by atoms with Gasteiger partial charge >= 0.3 is 11.9 Å². The Morgan fingerprint density at radius 2 is 2.06 bits per heavy atom. The number of rotatable bonds is 3. The molecule has 2 aromatic rings. The molecular formula is C12H11NO4. The number of hydrogen-bond acceptors (Lipinski definition) is 4. The highest BCUT2D eigenvalue weighted by Crippen LogP contribution is 2.14. The van der Waals surface area contributed by atoms with E-state index in [-0.39, 0.29) is 5.76 Å². The third kappa shape index (κ3) is 2.63. The lowest BCUT2D eigenvalue weighted by Crippen LogP contribution is -2.11. The van der Waals surface area contributed by atoms with Gasteiger partial charge in [-0.05, 0) is 18.2 Å². The molecule has 17 heavy (non-hydrogen) atoms. The fraction of sp³-hybridized carbons (Fsp3) is 0.167. The van der Waals surface area contributed by atoms with Gasteiger partial charge in [-0.25, -0.2) is 4.79 Å². The van der Waals surface area contributed by atoms with Crippen LogP contribution in [0.4, 0.5) is 0 Å². The summed E-state index contributed by atoms with van der Waals surface area (Å²) in [6, 6.07) is 5.44.